The number of aromatic nitrogens is 12. The Morgan fingerprint density at radius 2 is 1.13 bits per heavy atom. The fourth-order valence-corrected chi connectivity index (χ4v) is 16.8. The molecule has 4 fully saturated rings. The molecule has 6 aromatic heterocycles. The highest BCUT2D eigenvalue weighted by Crippen LogP contribution is 2.71. The lowest BCUT2D eigenvalue weighted by atomic mass is 9.88. The van der Waals surface area contributed by atoms with Crippen LogP contribution in [0.5, 0.6) is 0 Å². The van der Waals surface area contributed by atoms with Crippen molar-refractivity contribution < 1.29 is 39.1 Å². The third-order valence-electron chi connectivity index (χ3n) is 17.7. The maximum atomic E-state index is 15.6. The number of fused-ring (bicyclic) bond motifs is 6. The third kappa shape index (κ3) is 6.91. The normalized spacial score (nSPS) is 22.8. The Morgan fingerprint density at radius 1 is 0.598 bits per heavy atom. The summed E-state index contributed by atoms with van der Waals surface area (Å²) in [6.45, 7) is 4.57. The molecule has 0 radical (unpaired) electrons. The number of benzene rings is 6. The lowest BCUT2D eigenvalue weighted by Crippen LogP contribution is -2.40. The van der Waals surface area contributed by atoms with Crippen LogP contribution in [0.25, 0.3) is 61.1 Å². The van der Waals surface area contributed by atoms with Crippen molar-refractivity contribution in [2.24, 2.45) is 25.9 Å². The second kappa shape index (κ2) is 16.9. The summed E-state index contributed by atoms with van der Waals surface area (Å²) < 4.78 is 109. The SMILES string of the molecule is Cc1cc2c(cnn2-c2ccc(F)cc2)cc1[C@@]12CN(S(=O)(=O)c3c[n+](-c4cc(F)ccc4-n4ncc5cc([C@]67CN(S(=O)(=O)c8cnn(C)n8)C[C@H]6[C@@H]7c6nc7ccccc7o6)c(C)cc54)n(C)n3)C[C@@H]1[C@H]2c1nc2ccccc2o1. The molecule has 2 saturated carbocycles. The van der Waals surface area contributed by atoms with Gasteiger partial charge in [-0.25, -0.2) is 44.9 Å². The Balaban J connectivity index is 0.741. The minimum Gasteiger partial charge on any atom is -0.440 e. The minimum atomic E-state index is -4.30. The number of halogens is 2. The molecule has 16 rings (SSSR count). The summed E-state index contributed by atoms with van der Waals surface area (Å²) in [6.07, 6.45) is 6.12. The maximum Gasteiger partial charge on any atom is 0.347 e. The van der Waals surface area contributed by atoms with Gasteiger partial charge in [0, 0.05) is 60.9 Å². The predicted octanol–water partition coefficient (Wildman–Crippen LogP) is 7.39. The molecule has 4 aliphatic rings. The van der Waals surface area contributed by atoms with Crippen LogP contribution in [0.15, 0.2) is 159 Å². The highest BCUT2D eigenvalue weighted by Gasteiger charge is 2.75. The van der Waals surface area contributed by atoms with Gasteiger partial charge in [0.2, 0.25) is 5.03 Å². The summed E-state index contributed by atoms with van der Waals surface area (Å²) in [5.74, 6) is -0.732. The molecule has 0 N–H and O–H groups in total. The van der Waals surface area contributed by atoms with Crippen LogP contribution in [0.2, 0.25) is 0 Å². The molecule has 410 valence electrons. The average molecular weight is 1140 g/mol. The number of piperidine rings is 2. The number of rotatable bonds is 11. The Labute approximate surface area is 465 Å². The third-order valence-corrected chi connectivity index (χ3v) is 21.1. The summed E-state index contributed by atoms with van der Waals surface area (Å²) in [5, 5.41) is 23.5. The van der Waals surface area contributed by atoms with Crippen molar-refractivity contribution in [3.63, 3.8) is 0 Å². The van der Waals surface area contributed by atoms with Crippen molar-refractivity contribution in [3.8, 4) is 17.1 Å². The van der Waals surface area contributed by atoms with Crippen LogP contribution in [0.4, 0.5) is 8.78 Å². The molecule has 0 spiro atoms. The largest absolute Gasteiger partial charge is 0.440 e. The molecule has 82 heavy (non-hydrogen) atoms. The molecule has 0 unspecified atom stereocenters. The van der Waals surface area contributed by atoms with Crippen molar-refractivity contribution in [1.29, 1.82) is 0 Å². The predicted molar refractivity (Wildman–Crippen MR) is 292 cm³/mol. The van der Waals surface area contributed by atoms with E-state index in [1.54, 1.807) is 54.1 Å². The molecular weight excluding hydrogens is 1090 g/mol. The molecule has 0 amide bonds. The van der Waals surface area contributed by atoms with E-state index < -0.39 is 36.7 Å². The Kier molecular flexibility index (Phi) is 10.1. The molecule has 6 aromatic carbocycles. The van der Waals surface area contributed by atoms with Gasteiger partial charge in [0.1, 0.15) is 28.4 Å². The molecule has 2 aliphatic carbocycles. The van der Waals surface area contributed by atoms with Crippen LogP contribution in [0.1, 0.15) is 45.9 Å². The van der Waals surface area contributed by atoms with Crippen LogP contribution in [-0.4, -0.2) is 106 Å². The second-order valence-corrected chi connectivity index (χ2v) is 25.9. The molecule has 2 aliphatic heterocycles. The van der Waals surface area contributed by atoms with Crippen molar-refractivity contribution in [2.75, 3.05) is 26.2 Å². The quantitative estimate of drug-likeness (QED) is 0.116. The van der Waals surface area contributed by atoms with E-state index >= 15 is 12.8 Å². The van der Waals surface area contributed by atoms with Gasteiger partial charge < -0.3 is 8.83 Å². The smallest absolute Gasteiger partial charge is 0.347 e. The molecule has 8 heterocycles. The first-order valence-electron chi connectivity index (χ1n) is 26.6. The van der Waals surface area contributed by atoms with Crippen molar-refractivity contribution in [1.82, 2.24) is 63.0 Å². The highest BCUT2D eigenvalue weighted by molar-refractivity contribution is 7.89. The zero-order chi connectivity index (χ0) is 55.9. The topological polar surface area (TPSA) is 215 Å². The Hall–Kier alpha value is -8.84. The van der Waals surface area contributed by atoms with Gasteiger partial charge >= 0.3 is 5.03 Å². The van der Waals surface area contributed by atoms with Crippen LogP contribution >= 0.6 is 0 Å². The zero-order valence-corrected chi connectivity index (χ0v) is 45.8. The summed E-state index contributed by atoms with van der Waals surface area (Å²) in [4.78, 5) is 12.4. The monoisotopic (exact) mass is 1140 g/mol. The van der Waals surface area contributed by atoms with E-state index in [9.17, 15) is 12.8 Å². The maximum absolute atomic E-state index is 15.6. The average Bonchev–Trinajstić information content (AvgIpc) is 2.52. The van der Waals surface area contributed by atoms with E-state index in [0.29, 0.717) is 50.9 Å². The summed E-state index contributed by atoms with van der Waals surface area (Å²) in [7, 11) is -5.15. The minimum absolute atomic E-state index is 0.0946. The van der Waals surface area contributed by atoms with Crippen molar-refractivity contribution >= 4 is 64.1 Å². The lowest BCUT2D eigenvalue weighted by molar-refractivity contribution is -0.687. The molecule has 24 heteroatoms. The summed E-state index contributed by atoms with van der Waals surface area (Å²) >= 11 is 0. The van der Waals surface area contributed by atoms with Crippen molar-refractivity contribution in [3.05, 3.63) is 186 Å². The van der Waals surface area contributed by atoms with E-state index in [2.05, 4.69) is 26.5 Å². The number of hydrogen-bond donors (Lipinski definition) is 0. The number of para-hydroxylation sites is 4. The van der Waals surface area contributed by atoms with Crippen LogP contribution in [0.3, 0.4) is 0 Å². The first-order valence-corrected chi connectivity index (χ1v) is 29.5. The Bertz CT molecular complexity index is 4870. The molecule has 2 saturated heterocycles. The molecular formula is C58H47F2N14O6S2+. The number of sulfonamides is 2. The van der Waals surface area contributed by atoms with Gasteiger partial charge in [-0.15, -0.1) is 9.78 Å². The number of nitrogens with zero attached hydrogens (tertiary/aromatic N) is 14. The van der Waals surface area contributed by atoms with Gasteiger partial charge in [0.15, 0.2) is 34.8 Å². The van der Waals surface area contributed by atoms with Gasteiger partial charge in [-0.2, -0.15) is 28.7 Å². The second-order valence-electron chi connectivity index (χ2n) is 22.1. The van der Waals surface area contributed by atoms with Gasteiger partial charge in [-0.3, -0.25) is 0 Å². The van der Waals surface area contributed by atoms with Crippen LogP contribution in [-0.2, 0) is 45.0 Å². The van der Waals surface area contributed by atoms with Crippen molar-refractivity contribution in [2.45, 2.75) is 46.6 Å². The molecule has 20 nitrogen and oxygen atoms in total. The first kappa shape index (κ1) is 49.0. The van der Waals surface area contributed by atoms with Crippen LogP contribution < -0.4 is 4.68 Å². The van der Waals surface area contributed by atoms with E-state index in [0.717, 1.165) is 38.5 Å². The number of hydrogen-bond acceptors (Lipinski definition) is 13. The number of oxazole rings is 2. The van der Waals surface area contributed by atoms with E-state index in [-0.39, 0.29) is 71.4 Å². The molecule has 12 aromatic rings. The zero-order valence-electron chi connectivity index (χ0n) is 44.2. The summed E-state index contributed by atoms with van der Waals surface area (Å²) in [5.41, 5.74) is 7.77. The first-order chi connectivity index (χ1) is 39.5. The molecule has 0 bridgehead atoms. The van der Waals surface area contributed by atoms with Gasteiger partial charge in [-0.1, -0.05) is 24.3 Å². The summed E-state index contributed by atoms with van der Waals surface area (Å²) in [6, 6.07) is 33.6. The molecule has 6 atom stereocenters. The van der Waals surface area contributed by atoms with Gasteiger partial charge in [0.05, 0.1) is 59.3 Å². The fourth-order valence-electron chi connectivity index (χ4n) is 13.9. The Morgan fingerprint density at radius 3 is 1.70 bits per heavy atom. The van der Waals surface area contributed by atoms with E-state index in [1.807, 2.05) is 80.6 Å². The highest BCUT2D eigenvalue weighted by atomic mass is 32.2. The fraction of sp³-hybridized carbons (Fsp3) is 0.241. The van der Waals surface area contributed by atoms with Gasteiger partial charge in [0.25, 0.3) is 20.0 Å². The van der Waals surface area contributed by atoms with E-state index in [1.165, 1.54) is 59.5 Å². The standard InChI is InChI=1S/C58H47F2N14O6S2/c1-32-19-46-34(24-62-73(46)38-16-13-36(59)14-17-38)21-39(32)58-31-71(28-42(58)54(58)56-65-44-10-6-8-12-50(44)80-56)82(77,78)52-29-72(69(4)67-52)48-23-37(60)15-18-45(48)74-47-20-33(2)40(22-35(47)25-63-74)57-30-70(81(75,76)51-26-61-68(3)66-51)27-41(57)53(57)55-64-43-9-5-7-11-49(43)79-55/h5-26,29,41-42,53-54H,27-28,30-31H2,1-4H3/q+1/t41-,42+,53+,54-,57+,58-/m0/s1. The number of aryl methyl sites for hydroxylation is 4. The lowest BCUT2D eigenvalue weighted by Gasteiger charge is -2.23. The van der Waals surface area contributed by atoms with Gasteiger partial charge in [-0.05, 0) is 138 Å². The van der Waals surface area contributed by atoms with Crippen LogP contribution in [0, 0.1) is 37.3 Å². The van der Waals surface area contributed by atoms with E-state index in [4.69, 9.17) is 23.9 Å².